The topological polar surface area (TPSA) is 29.1 Å². The van der Waals surface area contributed by atoms with E-state index in [2.05, 4.69) is 5.32 Å². The number of carbonyl (C=O) groups excluding carboxylic acids is 1. The minimum atomic E-state index is -4.42. The molecule has 0 atom stereocenters. The second-order valence-corrected chi connectivity index (χ2v) is 5.88. The second-order valence-electron chi connectivity index (χ2n) is 4.90. The molecule has 0 aromatic heterocycles. The number of amides is 1. The first-order valence-electron chi connectivity index (χ1n) is 6.74. The van der Waals surface area contributed by atoms with Gasteiger partial charge in [-0.3, -0.25) is 4.79 Å². The second kappa shape index (κ2) is 7.65. The first-order chi connectivity index (χ1) is 11.2. The molecule has 2 rings (SSSR count). The van der Waals surface area contributed by atoms with Crippen LogP contribution in [0.3, 0.4) is 0 Å². The molecule has 0 unspecified atom stereocenters. The molecule has 2 aromatic rings. The molecule has 1 N–H and O–H groups in total. The van der Waals surface area contributed by atoms with Crippen LogP contribution in [0.1, 0.15) is 11.1 Å². The van der Waals surface area contributed by atoms with Gasteiger partial charge in [0, 0.05) is 17.5 Å². The highest BCUT2D eigenvalue weighted by Crippen LogP contribution is 2.30. The quantitative estimate of drug-likeness (QED) is 0.771. The molecule has 0 saturated carbocycles. The van der Waals surface area contributed by atoms with E-state index in [1.165, 1.54) is 12.1 Å². The number of hydrogen-bond acceptors (Lipinski definition) is 2. The molecule has 1 amide bonds. The molecule has 0 saturated heterocycles. The number of rotatable bonds is 5. The Morgan fingerprint density at radius 3 is 2.33 bits per heavy atom. The van der Waals surface area contributed by atoms with E-state index in [-0.39, 0.29) is 17.2 Å². The Bertz CT molecular complexity index is 712. The maximum Gasteiger partial charge on any atom is 0.416 e. The van der Waals surface area contributed by atoms with Crippen LogP contribution in [0.25, 0.3) is 0 Å². The van der Waals surface area contributed by atoms with Gasteiger partial charge in [-0.15, -0.1) is 11.8 Å². The van der Waals surface area contributed by atoms with Gasteiger partial charge in [0.05, 0.1) is 11.3 Å². The predicted octanol–water partition coefficient (Wildman–Crippen LogP) is 4.86. The lowest BCUT2D eigenvalue weighted by molar-refractivity contribution is -0.137. The summed E-state index contributed by atoms with van der Waals surface area (Å²) in [6.45, 7) is 0. The summed E-state index contributed by atoms with van der Waals surface area (Å²) < 4.78 is 63.8. The standard InChI is InChI=1S/C16H12F5NOS/c17-12-5-13(18)7-14(6-12)22-15(23)9-24-8-10-2-1-3-11(4-10)16(19,20)21/h1-7H,8-9H2,(H,22,23). The summed E-state index contributed by atoms with van der Waals surface area (Å²) in [7, 11) is 0. The van der Waals surface area contributed by atoms with Crippen LogP contribution in [-0.2, 0) is 16.7 Å². The third-order valence-corrected chi connectivity index (χ3v) is 3.91. The van der Waals surface area contributed by atoms with Crippen LogP contribution in [0.5, 0.6) is 0 Å². The highest BCUT2D eigenvalue weighted by molar-refractivity contribution is 7.99. The maximum absolute atomic E-state index is 13.0. The van der Waals surface area contributed by atoms with Gasteiger partial charge in [-0.05, 0) is 23.8 Å². The number of halogens is 5. The molecular formula is C16H12F5NOS. The highest BCUT2D eigenvalue weighted by atomic mass is 32.2. The van der Waals surface area contributed by atoms with Crippen molar-refractivity contribution in [1.29, 1.82) is 0 Å². The minimum absolute atomic E-state index is 0.0165. The van der Waals surface area contributed by atoms with Crippen molar-refractivity contribution in [1.82, 2.24) is 0 Å². The fraction of sp³-hybridized carbons (Fsp3) is 0.188. The Hall–Kier alpha value is -2.09. The summed E-state index contributed by atoms with van der Waals surface area (Å²) in [5, 5.41) is 2.33. The largest absolute Gasteiger partial charge is 0.416 e. The van der Waals surface area contributed by atoms with Gasteiger partial charge in [0.1, 0.15) is 11.6 Å². The molecule has 0 radical (unpaired) electrons. The number of nitrogens with one attached hydrogen (secondary N) is 1. The number of thioether (sulfide) groups is 1. The van der Waals surface area contributed by atoms with Gasteiger partial charge in [0.15, 0.2) is 0 Å². The van der Waals surface area contributed by atoms with Gasteiger partial charge >= 0.3 is 6.18 Å². The van der Waals surface area contributed by atoms with Crippen molar-refractivity contribution in [3.63, 3.8) is 0 Å². The van der Waals surface area contributed by atoms with Gasteiger partial charge in [0.25, 0.3) is 0 Å². The lowest BCUT2D eigenvalue weighted by atomic mass is 10.1. The van der Waals surface area contributed by atoms with E-state index in [1.54, 1.807) is 0 Å². The average molecular weight is 361 g/mol. The van der Waals surface area contributed by atoms with Crippen molar-refractivity contribution < 1.29 is 26.7 Å². The third-order valence-electron chi connectivity index (χ3n) is 2.90. The smallest absolute Gasteiger partial charge is 0.325 e. The van der Waals surface area contributed by atoms with Crippen molar-refractivity contribution in [2.45, 2.75) is 11.9 Å². The monoisotopic (exact) mass is 361 g/mol. The van der Waals surface area contributed by atoms with E-state index >= 15 is 0 Å². The summed E-state index contributed by atoms with van der Waals surface area (Å²) in [6, 6.07) is 7.44. The molecular weight excluding hydrogens is 349 g/mol. The zero-order valence-electron chi connectivity index (χ0n) is 12.2. The molecule has 2 aromatic carbocycles. The van der Waals surface area contributed by atoms with Gasteiger partial charge in [-0.1, -0.05) is 18.2 Å². The number of anilines is 1. The zero-order chi connectivity index (χ0) is 17.7. The number of carbonyl (C=O) groups is 1. The highest BCUT2D eigenvalue weighted by Gasteiger charge is 2.30. The van der Waals surface area contributed by atoms with E-state index < -0.39 is 29.3 Å². The van der Waals surface area contributed by atoms with Crippen LogP contribution in [0, 0.1) is 11.6 Å². The first-order valence-corrected chi connectivity index (χ1v) is 7.89. The molecule has 128 valence electrons. The van der Waals surface area contributed by atoms with Crippen molar-refractivity contribution in [2.24, 2.45) is 0 Å². The first kappa shape index (κ1) is 18.3. The van der Waals surface area contributed by atoms with Gasteiger partial charge in [-0.25, -0.2) is 8.78 Å². The minimum Gasteiger partial charge on any atom is -0.325 e. The molecule has 0 aliphatic heterocycles. The summed E-state index contributed by atoms with van der Waals surface area (Å²) in [5.41, 5.74) is -0.336. The Balaban J connectivity index is 1.86. The molecule has 2 nitrogen and oxygen atoms in total. The van der Waals surface area contributed by atoms with Gasteiger partial charge in [-0.2, -0.15) is 13.2 Å². The lowest BCUT2D eigenvalue weighted by Gasteiger charge is -2.09. The summed E-state index contributed by atoms with van der Waals surface area (Å²) in [4.78, 5) is 11.7. The molecule has 24 heavy (non-hydrogen) atoms. The Kier molecular flexibility index (Phi) is 5.82. The van der Waals surface area contributed by atoms with E-state index in [1.807, 2.05) is 0 Å². The van der Waals surface area contributed by atoms with Crippen LogP contribution in [0.15, 0.2) is 42.5 Å². The van der Waals surface area contributed by atoms with E-state index in [9.17, 15) is 26.7 Å². The van der Waals surface area contributed by atoms with Crippen LogP contribution in [0.2, 0.25) is 0 Å². The molecule has 0 fully saturated rings. The summed E-state index contributed by atoms with van der Waals surface area (Å²) in [5.74, 6) is -2.00. The Labute approximate surface area is 139 Å². The van der Waals surface area contributed by atoms with E-state index in [4.69, 9.17) is 0 Å². The Morgan fingerprint density at radius 1 is 1.04 bits per heavy atom. The zero-order valence-corrected chi connectivity index (χ0v) is 13.0. The molecule has 0 aliphatic carbocycles. The van der Waals surface area contributed by atoms with Crippen molar-refractivity contribution in [3.05, 3.63) is 65.2 Å². The number of hydrogen-bond donors (Lipinski definition) is 1. The summed E-state index contributed by atoms with van der Waals surface area (Å²) >= 11 is 1.09. The SMILES string of the molecule is O=C(CSCc1cccc(C(F)(F)F)c1)Nc1cc(F)cc(F)c1. The fourth-order valence-corrected chi connectivity index (χ4v) is 2.70. The maximum atomic E-state index is 13.0. The van der Waals surface area contributed by atoms with Crippen molar-refractivity contribution in [2.75, 3.05) is 11.1 Å². The molecule has 0 spiro atoms. The molecule has 0 heterocycles. The van der Waals surface area contributed by atoms with Gasteiger partial charge in [0.2, 0.25) is 5.91 Å². The Morgan fingerprint density at radius 2 is 1.71 bits per heavy atom. The van der Waals surface area contributed by atoms with Crippen LogP contribution in [-0.4, -0.2) is 11.7 Å². The van der Waals surface area contributed by atoms with Crippen molar-refractivity contribution in [3.8, 4) is 0 Å². The van der Waals surface area contributed by atoms with E-state index in [0.29, 0.717) is 11.6 Å². The number of benzene rings is 2. The summed E-state index contributed by atoms with van der Waals surface area (Å²) in [6.07, 6.45) is -4.42. The average Bonchev–Trinajstić information content (AvgIpc) is 2.45. The third kappa shape index (κ3) is 5.52. The normalized spacial score (nSPS) is 11.4. The van der Waals surface area contributed by atoms with Gasteiger partial charge < -0.3 is 5.32 Å². The molecule has 0 aliphatic rings. The molecule has 8 heteroatoms. The van der Waals surface area contributed by atoms with Crippen LogP contribution >= 0.6 is 11.8 Å². The molecule has 0 bridgehead atoms. The van der Waals surface area contributed by atoms with Crippen LogP contribution in [0.4, 0.5) is 27.6 Å². The lowest BCUT2D eigenvalue weighted by Crippen LogP contribution is -2.14. The van der Waals surface area contributed by atoms with Crippen molar-refractivity contribution >= 4 is 23.4 Å². The number of alkyl halides is 3. The van der Waals surface area contributed by atoms with E-state index in [0.717, 1.165) is 36.0 Å². The fourth-order valence-electron chi connectivity index (χ4n) is 1.92. The van der Waals surface area contributed by atoms with Crippen LogP contribution < -0.4 is 5.32 Å². The predicted molar refractivity (Wildman–Crippen MR) is 82.6 cm³/mol.